The minimum atomic E-state index is -0.283. The molecule has 1 saturated heterocycles. The third-order valence-electron chi connectivity index (χ3n) is 6.14. The Morgan fingerprint density at radius 3 is 2.63 bits per heavy atom. The molecule has 1 fully saturated rings. The summed E-state index contributed by atoms with van der Waals surface area (Å²) < 4.78 is 11.4. The van der Waals surface area contributed by atoms with Gasteiger partial charge in [0.25, 0.3) is 5.91 Å². The van der Waals surface area contributed by atoms with E-state index in [2.05, 4.69) is 36.6 Å². The lowest BCUT2D eigenvalue weighted by atomic mass is 10.1. The second-order valence-electron chi connectivity index (χ2n) is 8.73. The summed E-state index contributed by atoms with van der Waals surface area (Å²) in [7, 11) is 0. The number of carbonyl (C=O) groups is 1. The maximum atomic E-state index is 12.3. The number of hydrogen-bond acceptors (Lipinski definition) is 9. The molecule has 3 heterocycles. The molecule has 4 aromatic rings. The van der Waals surface area contributed by atoms with Gasteiger partial charge in [0.1, 0.15) is 11.8 Å². The Labute approximate surface area is 220 Å². The predicted octanol–water partition coefficient (Wildman–Crippen LogP) is 3.99. The molecule has 0 unspecified atom stereocenters. The standard InChI is InChI=1S/C28H27N7O3/c29-17-21-15-23-24(33-22-18-31-28(32-19-22)34-27(36)20-5-2-1-3-6-20)7-8-30-25(23)16-26(21)38-12-4-9-35-10-13-37-14-11-35/h1-3,5-8,15-16,18-19H,4,9-14H2,(H,30,33)(H,31,32,34,36). The summed E-state index contributed by atoms with van der Waals surface area (Å²) in [5.74, 6) is 0.439. The fraction of sp³-hybridized carbons (Fsp3) is 0.250. The van der Waals surface area contributed by atoms with E-state index in [4.69, 9.17) is 9.47 Å². The van der Waals surface area contributed by atoms with Crippen LogP contribution in [0.5, 0.6) is 5.75 Å². The second-order valence-corrected chi connectivity index (χ2v) is 8.73. The predicted molar refractivity (Wildman–Crippen MR) is 144 cm³/mol. The Hall–Kier alpha value is -4.59. The number of morpholine rings is 1. The van der Waals surface area contributed by atoms with Crippen LogP contribution < -0.4 is 15.4 Å². The first-order valence-corrected chi connectivity index (χ1v) is 12.4. The summed E-state index contributed by atoms with van der Waals surface area (Å²) in [6.45, 7) is 4.87. The van der Waals surface area contributed by atoms with Gasteiger partial charge in [-0.2, -0.15) is 5.26 Å². The molecule has 2 aromatic heterocycles. The van der Waals surface area contributed by atoms with Crippen LogP contribution in [0.2, 0.25) is 0 Å². The lowest BCUT2D eigenvalue weighted by Gasteiger charge is -2.26. The molecule has 0 radical (unpaired) electrons. The van der Waals surface area contributed by atoms with Crippen molar-refractivity contribution in [2.24, 2.45) is 0 Å². The number of nitrogens with one attached hydrogen (secondary N) is 2. The number of pyridine rings is 1. The van der Waals surface area contributed by atoms with Crippen LogP contribution >= 0.6 is 0 Å². The van der Waals surface area contributed by atoms with Crippen LogP contribution in [0.4, 0.5) is 17.3 Å². The number of carbonyl (C=O) groups excluding carboxylic acids is 1. The summed E-state index contributed by atoms with van der Waals surface area (Å²) in [6, 6.07) is 16.5. The first-order valence-electron chi connectivity index (χ1n) is 12.4. The number of nitrogens with zero attached hydrogens (tertiary/aromatic N) is 5. The van der Waals surface area contributed by atoms with E-state index in [0.29, 0.717) is 34.7 Å². The molecule has 2 aromatic carbocycles. The fourth-order valence-corrected chi connectivity index (χ4v) is 4.16. The molecule has 1 amide bonds. The highest BCUT2D eigenvalue weighted by atomic mass is 16.5. The summed E-state index contributed by atoms with van der Waals surface area (Å²) >= 11 is 0. The monoisotopic (exact) mass is 509 g/mol. The Balaban J connectivity index is 1.25. The maximum Gasteiger partial charge on any atom is 0.258 e. The fourth-order valence-electron chi connectivity index (χ4n) is 4.16. The van der Waals surface area contributed by atoms with Crippen molar-refractivity contribution in [3.8, 4) is 11.8 Å². The molecular formula is C28H27N7O3. The highest BCUT2D eigenvalue weighted by Gasteiger charge is 2.13. The van der Waals surface area contributed by atoms with Crippen LogP contribution in [-0.2, 0) is 4.74 Å². The largest absolute Gasteiger partial charge is 0.492 e. The molecule has 0 aliphatic carbocycles. The summed E-state index contributed by atoms with van der Waals surface area (Å²) in [5.41, 5.74) is 3.03. The zero-order chi connectivity index (χ0) is 26.2. The molecule has 0 bridgehead atoms. The number of ether oxygens (including phenoxy) is 2. The second kappa shape index (κ2) is 12.1. The average Bonchev–Trinajstić information content (AvgIpc) is 2.97. The van der Waals surface area contributed by atoms with Gasteiger partial charge in [-0.15, -0.1) is 0 Å². The highest BCUT2D eigenvalue weighted by molar-refractivity contribution is 6.03. The number of nitriles is 1. The third kappa shape index (κ3) is 6.21. The van der Waals surface area contributed by atoms with Gasteiger partial charge >= 0.3 is 0 Å². The SMILES string of the molecule is N#Cc1cc2c(Nc3cnc(NC(=O)c4ccccc4)nc3)ccnc2cc1OCCCN1CCOCC1. The first kappa shape index (κ1) is 25.1. The van der Waals surface area contributed by atoms with Crippen molar-refractivity contribution in [1.29, 1.82) is 5.26 Å². The number of benzene rings is 2. The highest BCUT2D eigenvalue weighted by Crippen LogP contribution is 2.30. The van der Waals surface area contributed by atoms with Gasteiger partial charge in [0.05, 0.1) is 49.0 Å². The molecular weight excluding hydrogens is 482 g/mol. The van der Waals surface area contributed by atoms with Gasteiger partial charge in [-0.25, -0.2) is 9.97 Å². The zero-order valence-electron chi connectivity index (χ0n) is 20.8. The van der Waals surface area contributed by atoms with Gasteiger partial charge in [-0.1, -0.05) is 18.2 Å². The lowest BCUT2D eigenvalue weighted by Crippen LogP contribution is -2.37. The zero-order valence-corrected chi connectivity index (χ0v) is 20.8. The van der Waals surface area contributed by atoms with Gasteiger partial charge in [0.15, 0.2) is 0 Å². The van der Waals surface area contributed by atoms with Crippen molar-refractivity contribution in [2.45, 2.75) is 6.42 Å². The maximum absolute atomic E-state index is 12.3. The van der Waals surface area contributed by atoms with Gasteiger partial charge < -0.3 is 14.8 Å². The van der Waals surface area contributed by atoms with Crippen LogP contribution in [0.15, 0.2) is 67.1 Å². The third-order valence-corrected chi connectivity index (χ3v) is 6.14. The summed E-state index contributed by atoms with van der Waals surface area (Å²) in [4.78, 5) is 27.6. The average molecular weight is 510 g/mol. The molecule has 5 rings (SSSR count). The molecule has 38 heavy (non-hydrogen) atoms. The molecule has 0 atom stereocenters. The lowest BCUT2D eigenvalue weighted by molar-refractivity contribution is 0.0358. The Kier molecular flexibility index (Phi) is 7.98. The smallest absolute Gasteiger partial charge is 0.258 e. The number of fused-ring (bicyclic) bond motifs is 1. The molecule has 10 nitrogen and oxygen atoms in total. The number of amides is 1. The quantitative estimate of drug-likeness (QED) is 0.322. The van der Waals surface area contributed by atoms with E-state index in [-0.39, 0.29) is 11.9 Å². The number of anilines is 3. The van der Waals surface area contributed by atoms with Gasteiger partial charge in [0.2, 0.25) is 5.95 Å². The van der Waals surface area contributed by atoms with E-state index in [0.717, 1.165) is 50.3 Å². The van der Waals surface area contributed by atoms with E-state index in [9.17, 15) is 10.1 Å². The Morgan fingerprint density at radius 1 is 1.08 bits per heavy atom. The molecule has 1 aliphatic rings. The summed E-state index contributed by atoms with van der Waals surface area (Å²) in [6.07, 6.45) is 5.71. The van der Waals surface area contributed by atoms with Crippen molar-refractivity contribution >= 4 is 34.1 Å². The molecule has 1 aliphatic heterocycles. The van der Waals surface area contributed by atoms with Gasteiger partial charge in [-0.3, -0.25) is 20.0 Å². The minimum Gasteiger partial charge on any atom is -0.492 e. The van der Waals surface area contributed by atoms with Crippen LogP contribution in [0.3, 0.4) is 0 Å². The van der Waals surface area contributed by atoms with Crippen LogP contribution in [0, 0.1) is 11.3 Å². The van der Waals surface area contributed by atoms with E-state index in [1.165, 1.54) is 0 Å². The van der Waals surface area contributed by atoms with Gasteiger partial charge in [0, 0.05) is 48.5 Å². The number of rotatable bonds is 9. The first-order chi connectivity index (χ1) is 18.7. The minimum absolute atomic E-state index is 0.200. The molecule has 0 saturated carbocycles. The van der Waals surface area contributed by atoms with Crippen LogP contribution in [0.1, 0.15) is 22.3 Å². The molecule has 10 heteroatoms. The van der Waals surface area contributed by atoms with E-state index < -0.39 is 0 Å². The van der Waals surface area contributed by atoms with Crippen molar-refractivity contribution in [3.05, 3.63) is 78.2 Å². The molecule has 0 spiro atoms. The van der Waals surface area contributed by atoms with Crippen LogP contribution in [0.25, 0.3) is 10.9 Å². The van der Waals surface area contributed by atoms with E-state index in [1.807, 2.05) is 12.1 Å². The summed E-state index contributed by atoms with van der Waals surface area (Å²) in [5, 5.41) is 16.5. The number of hydrogen-bond donors (Lipinski definition) is 2. The van der Waals surface area contributed by atoms with Gasteiger partial charge in [-0.05, 0) is 30.7 Å². The Morgan fingerprint density at radius 2 is 1.87 bits per heavy atom. The normalized spacial score (nSPS) is 13.6. The van der Waals surface area contributed by atoms with Crippen molar-refractivity contribution in [3.63, 3.8) is 0 Å². The number of aromatic nitrogens is 3. The van der Waals surface area contributed by atoms with Crippen LogP contribution in [-0.4, -0.2) is 65.2 Å². The Bertz CT molecular complexity index is 1430. The van der Waals surface area contributed by atoms with Crippen molar-refractivity contribution in [1.82, 2.24) is 19.9 Å². The van der Waals surface area contributed by atoms with E-state index in [1.54, 1.807) is 55.0 Å². The van der Waals surface area contributed by atoms with Crippen molar-refractivity contribution in [2.75, 3.05) is 50.1 Å². The molecule has 192 valence electrons. The van der Waals surface area contributed by atoms with Crippen molar-refractivity contribution < 1.29 is 14.3 Å². The topological polar surface area (TPSA) is 125 Å². The molecule has 2 N–H and O–H groups in total. The van der Waals surface area contributed by atoms with E-state index >= 15 is 0 Å².